The lowest BCUT2D eigenvalue weighted by atomic mass is 10.3. The molecule has 0 aliphatic rings. The Morgan fingerprint density at radius 2 is 1.95 bits per heavy atom. The summed E-state index contributed by atoms with van der Waals surface area (Å²) >= 11 is 0. The summed E-state index contributed by atoms with van der Waals surface area (Å²) in [4.78, 5) is 8.14. The van der Waals surface area contributed by atoms with Gasteiger partial charge in [0.15, 0.2) is 15.5 Å². The number of H-pyrrole nitrogens is 1. The molecule has 20 heavy (non-hydrogen) atoms. The van der Waals surface area contributed by atoms with Crippen LogP contribution in [0.4, 0.5) is 0 Å². The van der Waals surface area contributed by atoms with Gasteiger partial charge in [-0.1, -0.05) is 0 Å². The Hall–Kier alpha value is -2.48. The van der Waals surface area contributed by atoms with E-state index in [9.17, 15) is 8.42 Å². The van der Waals surface area contributed by atoms with Crippen molar-refractivity contribution in [3.8, 4) is 11.6 Å². The molecule has 0 saturated carbocycles. The summed E-state index contributed by atoms with van der Waals surface area (Å²) in [6.07, 6.45) is 4.15. The standard InChI is InChI=1S/C12H10N4O3S/c1-20(17,18)9-4-2-8(3-5-9)19-12-10-6-13-7-14-11(10)15-16-12/h2-7H,1H3,(H,13,14,15,16). The van der Waals surface area contributed by atoms with Crippen molar-refractivity contribution in [3.05, 3.63) is 36.8 Å². The van der Waals surface area contributed by atoms with E-state index in [0.29, 0.717) is 22.7 Å². The summed E-state index contributed by atoms with van der Waals surface area (Å²) < 4.78 is 28.3. The van der Waals surface area contributed by atoms with Crippen LogP contribution in [-0.4, -0.2) is 34.8 Å². The van der Waals surface area contributed by atoms with Gasteiger partial charge in [0, 0.05) is 12.5 Å². The summed E-state index contributed by atoms with van der Waals surface area (Å²) in [5.41, 5.74) is 0.572. The third-order valence-corrected chi connectivity index (χ3v) is 3.80. The van der Waals surface area contributed by atoms with Crippen molar-refractivity contribution in [2.45, 2.75) is 4.90 Å². The summed E-state index contributed by atoms with van der Waals surface area (Å²) in [5.74, 6) is 0.822. The Morgan fingerprint density at radius 3 is 2.65 bits per heavy atom. The van der Waals surface area contributed by atoms with E-state index in [4.69, 9.17) is 4.74 Å². The van der Waals surface area contributed by atoms with Gasteiger partial charge in [-0.15, -0.1) is 5.10 Å². The zero-order valence-corrected chi connectivity index (χ0v) is 11.3. The number of nitrogens with zero attached hydrogens (tertiary/aromatic N) is 3. The molecule has 3 aromatic rings. The molecule has 8 heteroatoms. The molecule has 7 nitrogen and oxygen atoms in total. The van der Waals surface area contributed by atoms with Gasteiger partial charge in [0.1, 0.15) is 17.5 Å². The number of benzene rings is 1. The van der Waals surface area contributed by atoms with Crippen molar-refractivity contribution in [3.63, 3.8) is 0 Å². The van der Waals surface area contributed by atoms with Crippen molar-refractivity contribution in [2.75, 3.05) is 6.26 Å². The molecule has 102 valence electrons. The van der Waals surface area contributed by atoms with Crippen LogP contribution in [-0.2, 0) is 9.84 Å². The molecule has 0 unspecified atom stereocenters. The normalized spacial score (nSPS) is 11.7. The quantitative estimate of drug-likeness (QED) is 0.786. The van der Waals surface area contributed by atoms with Crippen LogP contribution in [0.1, 0.15) is 0 Å². The minimum Gasteiger partial charge on any atom is -0.437 e. The van der Waals surface area contributed by atoms with Crippen LogP contribution in [0.3, 0.4) is 0 Å². The third kappa shape index (κ3) is 2.32. The largest absolute Gasteiger partial charge is 0.437 e. The van der Waals surface area contributed by atoms with Crippen LogP contribution in [0, 0.1) is 0 Å². The highest BCUT2D eigenvalue weighted by Crippen LogP contribution is 2.26. The van der Waals surface area contributed by atoms with Gasteiger partial charge in [-0.2, -0.15) is 0 Å². The topological polar surface area (TPSA) is 97.8 Å². The first-order valence-corrected chi connectivity index (χ1v) is 7.55. The van der Waals surface area contributed by atoms with Gasteiger partial charge < -0.3 is 4.74 Å². The molecule has 0 spiro atoms. The second-order valence-corrected chi connectivity index (χ2v) is 6.18. The van der Waals surface area contributed by atoms with Gasteiger partial charge >= 0.3 is 0 Å². The molecule has 2 aromatic heterocycles. The average molecular weight is 290 g/mol. The average Bonchev–Trinajstić information content (AvgIpc) is 2.82. The van der Waals surface area contributed by atoms with E-state index >= 15 is 0 Å². The minimum absolute atomic E-state index is 0.236. The number of rotatable bonds is 3. The van der Waals surface area contributed by atoms with E-state index in [1.165, 1.54) is 18.5 Å². The van der Waals surface area contributed by atoms with Crippen LogP contribution in [0.2, 0.25) is 0 Å². The van der Waals surface area contributed by atoms with Gasteiger partial charge in [0.05, 0.1) is 4.90 Å². The Balaban J connectivity index is 1.92. The van der Waals surface area contributed by atoms with Crippen LogP contribution in [0.25, 0.3) is 11.0 Å². The maximum Gasteiger partial charge on any atom is 0.249 e. The van der Waals surface area contributed by atoms with Crippen molar-refractivity contribution in [2.24, 2.45) is 0 Å². The lowest BCUT2D eigenvalue weighted by Crippen LogP contribution is -1.96. The number of hydrogen-bond acceptors (Lipinski definition) is 6. The summed E-state index contributed by atoms with van der Waals surface area (Å²) in [6.45, 7) is 0. The van der Waals surface area contributed by atoms with Crippen LogP contribution < -0.4 is 4.74 Å². The fourth-order valence-electron chi connectivity index (χ4n) is 1.68. The summed E-state index contributed by atoms with van der Waals surface area (Å²) in [5, 5.41) is 7.37. The number of aromatic nitrogens is 4. The van der Waals surface area contributed by atoms with Gasteiger partial charge in [-0.05, 0) is 24.3 Å². The SMILES string of the molecule is CS(=O)(=O)c1ccc(Oc2n[nH]c3ncncc23)cc1. The van der Waals surface area contributed by atoms with Crippen molar-refractivity contribution < 1.29 is 13.2 Å². The van der Waals surface area contributed by atoms with Gasteiger partial charge in [-0.25, -0.2) is 18.4 Å². The van der Waals surface area contributed by atoms with E-state index in [1.807, 2.05) is 0 Å². The Bertz CT molecular complexity index is 856. The van der Waals surface area contributed by atoms with Gasteiger partial charge in [-0.3, -0.25) is 5.10 Å². The molecular weight excluding hydrogens is 280 g/mol. The fourth-order valence-corrected chi connectivity index (χ4v) is 2.31. The molecule has 1 N–H and O–H groups in total. The third-order valence-electron chi connectivity index (χ3n) is 2.67. The van der Waals surface area contributed by atoms with E-state index in [0.717, 1.165) is 6.26 Å². The second-order valence-electron chi connectivity index (χ2n) is 4.16. The molecule has 0 radical (unpaired) electrons. The highest BCUT2D eigenvalue weighted by atomic mass is 32.2. The lowest BCUT2D eigenvalue weighted by molar-refractivity contribution is 0.466. The maximum atomic E-state index is 11.4. The van der Waals surface area contributed by atoms with E-state index in [1.54, 1.807) is 18.3 Å². The highest BCUT2D eigenvalue weighted by molar-refractivity contribution is 7.90. The summed E-state index contributed by atoms with van der Waals surface area (Å²) in [6, 6.07) is 6.10. The Labute approximate surface area is 114 Å². The highest BCUT2D eigenvalue weighted by Gasteiger charge is 2.10. The fraction of sp³-hybridized carbons (Fsp3) is 0.0833. The molecule has 0 bridgehead atoms. The van der Waals surface area contributed by atoms with Gasteiger partial charge in [0.25, 0.3) is 0 Å². The molecule has 2 heterocycles. The number of sulfone groups is 1. The van der Waals surface area contributed by atoms with Crippen LogP contribution >= 0.6 is 0 Å². The zero-order chi connectivity index (χ0) is 14.2. The van der Waals surface area contributed by atoms with Crippen molar-refractivity contribution in [1.29, 1.82) is 0 Å². The number of hydrogen-bond donors (Lipinski definition) is 1. The monoisotopic (exact) mass is 290 g/mol. The smallest absolute Gasteiger partial charge is 0.249 e. The zero-order valence-electron chi connectivity index (χ0n) is 10.4. The Morgan fingerprint density at radius 1 is 1.20 bits per heavy atom. The molecule has 0 aliphatic heterocycles. The Kier molecular flexibility index (Phi) is 2.87. The molecule has 1 aromatic carbocycles. The molecule has 0 atom stereocenters. The molecule has 3 rings (SSSR count). The molecular formula is C12H10N4O3S. The number of fused-ring (bicyclic) bond motifs is 1. The first kappa shape index (κ1) is 12.5. The number of aromatic amines is 1. The molecule has 0 amide bonds. The number of nitrogens with one attached hydrogen (secondary N) is 1. The summed E-state index contributed by atoms with van der Waals surface area (Å²) in [7, 11) is -3.21. The van der Waals surface area contributed by atoms with Crippen molar-refractivity contribution in [1.82, 2.24) is 20.2 Å². The second kappa shape index (κ2) is 4.57. The molecule has 0 saturated heterocycles. The van der Waals surface area contributed by atoms with Crippen LogP contribution in [0.5, 0.6) is 11.6 Å². The van der Waals surface area contributed by atoms with Gasteiger partial charge in [0.2, 0.25) is 5.88 Å². The molecule has 0 aliphatic carbocycles. The number of ether oxygens (including phenoxy) is 1. The predicted molar refractivity (Wildman–Crippen MR) is 71.3 cm³/mol. The molecule has 0 fully saturated rings. The van der Waals surface area contributed by atoms with Crippen molar-refractivity contribution >= 4 is 20.9 Å². The lowest BCUT2D eigenvalue weighted by Gasteiger charge is -2.03. The van der Waals surface area contributed by atoms with Crippen LogP contribution in [0.15, 0.2) is 41.7 Å². The maximum absolute atomic E-state index is 11.4. The first-order valence-electron chi connectivity index (χ1n) is 5.66. The minimum atomic E-state index is -3.21. The van der Waals surface area contributed by atoms with E-state index in [2.05, 4.69) is 20.2 Å². The predicted octanol–water partition coefficient (Wildman–Crippen LogP) is 1.55. The van der Waals surface area contributed by atoms with E-state index < -0.39 is 9.84 Å². The van der Waals surface area contributed by atoms with E-state index in [-0.39, 0.29) is 4.90 Å². The first-order chi connectivity index (χ1) is 9.54.